The molecule has 2 atom stereocenters. The van der Waals surface area contributed by atoms with E-state index in [1.807, 2.05) is 4.90 Å². The van der Waals surface area contributed by atoms with Gasteiger partial charge in [-0.05, 0) is 31.4 Å². The first kappa shape index (κ1) is 16.5. The van der Waals surface area contributed by atoms with Crippen LogP contribution in [0.1, 0.15) is 48.0 Å². The first-order valence-corrected chi connectivity index (χ1v) is 9.03. The number of amides is 1. The van der Waals surface area contributed by atoms with Crippen molar-refractivity contribution in [2.45, 2.75) is 50.7 Å². The number of ether oxygens (including phenoxy) is 2. The molecule has 0 radical (unpaired) electrons. The molecule has 0 spiro atoms. The van der Waals surface area contributed by atoms with E-state index in [-0.39, 0.29) is 36.2 Å². The summed E-state index contributed by atoms with van der Waals surface area (Å²) < 4.78 is 25.7. The van der Waals surface area contributed by atoms with Crippen molar-refractivity contribution in [3.8, 4) is 5.75 Å². The lowest BCUT2D eigenvalue weighted by Crippen LogP contribution is -2.55. The SMILES string of the molecule is O=C1CCc2c1ccc(OCC(=O)N1CCOC3CCCCC31)c2F. The van der Waals surface area contributed by atoms with E-state index in [4.69, 9.17) is 9.47 Å². The van der Waals surface area contributed by atoms with Crippen LogP contribution in [0.3, 0.4) is 0 Å². The zero-order chi connectivity index (χ0) is 17.4. The summed E-state index contributed by atoms with van der Waals surface area (Å²) in [6.45, 7) is 0.916. The largest absolute Gasteiger partial charge is 0.481 e. The summed E-state index contributed by atoms with van der Waals surface area (Å²) in [5.41, 5.74) is 0.850. The van der Waals surface area contributed by atoms with Crippen molar-refractivity contribution in [1.29, 1.82) is 0 Å². The Bertz CT molecular complexity index is 703. The van der Waals surface area contributed by atoms with Gasteiger partial charge in [-0.3, -0.25) is 9.59 Å². The summed E-state index contributed by atoms with van der Waals surface area (Å²) in [5, 5.41) is 0. The maximum absolute atomic E-state index is 14.5. The van der Waals surface area contributed by atoms with E-state index in [9.17, 15) is 14.0 Å². The Morgan fingerprint density at radius 1 is 1.28 bits per heavy atom. The van der Waals surface area contributed by atoms with Crippen molar-refractivity contribution < 1.29 is 23.5 Å². The Labute approximate surface area is 146 Å². The number of fused-ring (bicyclic) bond motifs is 2. The molecule has 1 aliphatic heterocycles. The maximum atomic E-state index is 14.5. The molecular weight excluding hydrogens is 325 g/mol. The molecule has 1 aromatic rings. The van der Waals surface area contributed by atoms with Crippen LogP contribution in [0.2, 0.25) is 0 Å². The van der Waals surface area contributed by atoms with Crippen LogP contribution in [0.25, 0.3) is 0 Å². The molecule has 3 aliphatic rings. The number of carbonyl (C=O) groups is 2. The minimum Gasteiger partial charge on any atom is -0.481 e. The molecule has 0 aromatic heterocycles. The molecule has 4 rings (SSSR count). The highest BCUT2D eigenvalue weighted by Gasteiger charge is 2.36. The number of ketones is 1. The lowest BCUT2D eigenvalue weighted by molar-refractivity contribution is -0.151. The van der Waals surface area contributed by atoms with E-state index in [0.29, 0.717) is 37.1 Å². The van der Waals surface area contributed by atoms with Crippen LogP contribution in [0, 0.1) is 5.82 Å². The van der Waals surface area contributed by atoms with E-state index in [1.165, 1.54) is 6.07 Å². The topological polar surface area (TPSA) is 55.8 Å². The van der Waals surface area contributed by atoms with Gasteiger partial charge >= 0.3 is 0 Å². The van der Waals surface area contributed by atoms with Crippen molar-refractivity contribution in [2.24, 2.45) is 0 Å². The van der Waals surface area contributed by atoms with Gasteiger partial charge in [-0.25, -0.2) is 4.39 Å². The highest BCUT2D eigenvalue weighted by Crippen LogP contribution is 2.31. The molecule has 134 valence electrons. The zero-order valence-electron chi connectivity index (χ0n) is 14.1. The summed E-state index contributed by atoms with van der Waals surface area (Å²) in [7, 11) is 0. The average Bonchev–Trinajstić information content (AvgIpc) is 3.02. The number of hydrogen-bond donors (Lipinski definition) is 0. The van der Waals surface area contributed by atoms with Crippen molar-refractivity contribution in [2.75, 3.05) is 19.8 Å². The predicted octanol–water partition coefficient (Wildman–Crippen LogP) is 2.50. The smallest absolute Gasteiger partial charge is 0.260 e. The highest BCUT2D eigenvalue weighted by molar-refractivity contribution is 6.00. The fraction of sp³-hybridized carbons (Fsp3) is 0.579. The standard InChI is InChI=1S/C19H22FNO4/c20-19-13-5-7-15(22)12(13)6-8-17(19)25-11-18(23)21-9-10-24-16-4-2-1-3-14(16)21/h6,8,14,16H,1-5,7,9-11H2. The number of nitrogens with zero attached hydrogens (tertiary/aromatic N) is 1. The van der Waals surface area contributed by atoms with Crippen LogP contribution in [0.4, 0.5) is 4.39 Å². The van der Waals surface area contributed by atoms with Crippen LogP contribution in [-0.2, 0) is 16.0 Å². The molecule has 0 N–H and O–H groups in total. The van der Waals surface area contributed by atoms with Crippen LogP contribution < -0.4 is 4.74 Å². The highest BCUT2D eigenvalue weighted by atomic mass is 19.1. The number of hydrogen-bond acceptors (Lipinski definition) is 4. The first-order chi connectivity index (χ1) is 12.1. The quantitative estimate of drug-likeness (QED) is 0.843. The second kappa shape index (κ2) is 6.75. The van der Waals surface area contributed by atoms with Gasteiger partial charge in [0, 0.05) is 24.1 Å². The monoisotopic (exact) mass is 347 g/mol. The van der Waals surface area contributed by atoms with Gasteiger partial charge in [-0.15, -0.1) is 0 Å². The summed E-state index contributed by atoms with van der Waals surface area (Å²) in [4.78, 5) is 26.1. The number of carbonyl (C=O) groups excluding carboxylic acids is 2. The van der Waals surface area contributed by atoms with Gasteiger partial charge in [-0.2, -0.15) is 0 Å². The van der Waals surface area contributed by atoms with E-state index < -0.39 is 5.82 Å². The predicted molar refractivity (Wildman–Crippen MR) is 88.3 cm³/mol. The molecule has 1 saturated heterocycles. The third-order valence-electron chi connectivity index (χ3n) is 5.51. The van der Waals surface area contributed by atoms with Gasteiger partial charge in [0.05, 0.1) is 18.8 Å². The van der Waals surface area contributed by atoms with Crippen LogP contribution in [-0.4, -0.2) is 48.5 Å². The van der Waals surface area contributed by atoms with Gasteiger partial charge in [0.2, 0.25) is 0 Å². The molecule has 1 saturated carbocycles. The Balaban J connectivity index is 1.43. The molecule has 1 heterocycles. The number of halogens is 1. The fourth-order valence-electron chi connectivity index (χ4n) is 4.22. The normalized spacial score (nSPS) is 25.5. The van der Waals surface area contributed by atoms with Gasteiger partial charge in [0.25, 0.3) is 5.91 Å². The van der Waals surface area contributed by atoms with Gasteiger partial charge in [0.15, 0.2) is 24.0 Å². The van der Waals surface area contributed by atoms with Crippen LogP contribution in [0.15, 0.2) is 12.1 Å². The van der Waals surface area contributed by atoms with Crippen LogP contribution in [0.5, 0.6) is 5.75 Å². The van der Waals surface area contributed by atoms with Crippen molar-refractivity contribution in [3.05, 3.63) is 29.1 Å². The molecular formula is C19H22FNO4. The van der Waals surface area contributed by atoms with Crippen LogP contribution >= 0.6 is 0 Å². The lowest BCUT2D eigenvalue weighted by Gasteiger charge is -2.43. The fourth-order valence-corrected chi connectivity index (χ4v) is 4.22. The van der Waals surface area contributed by atoms with Crippen molar-refractivity contribution in [1.82, 2.24) is 4.90 Å². The zero-order valence-corrected chi connectivity index (χ0v) is 14.1. The number of morpholine rings is 1. The second-order valence-electron chi connectivity index (χ2n) is 6.96. The van der Waals surface area contributed by atoms with E-state index in [1.54, 1.807) is 6.07 Å². The first-order valence-electron chi connectivity index (χ1n) is 9.03. The Kier molecular flexibility index (Phi) is 4.46. The van der Waals surface area contributed by atoms with E-state index in [0.717, 1.165) is 25.7 Å². The van der Waals surface area contributed by atoms with Gasteiger partial charge in [-0.1, -0.05) is 12.8 Å². The summed E-state index contributed by atoms with van der Waals surface area (Å²) in [6.07, 6.45) is 5.04. The lowest BCUT2D eigenvalue weighted by atomic mass is 9.90. The molecule has 5 nitrogen and oxygen atoms in total. The Morgan fingerprint density at radius 3 is 3.00 bits per heavy atom. The molecule has 2 aliphatic carbocycles. The number of rotatable bonds is 3. The van der Waals surface area contributed by atoms with Crippen molar-refractivity contribution >= 4 is 11.7 Å². The minimum atomic E-state index is -0.506. The van der Waals surface area contributed by atoms with Crippen molar-refractivity contribution in [3.63, 3.8) is 0 Å². The Hall–Kier alpha value is -1.95. The van der Waals surface area contributed by atoms with E-state index in [2.05, 4.69) is 0 Å². The second-order valence-corrected chi connectivity index (χ2v) is 6.96. The molecule has 2 fully saturated rings. The molecule has 2 unspecified atom stereocenters. The third kappa shape index (κ3) is 3.03. The van der Waals surface area contributed by atoms with Gasteiger partial charge in [0.1, 0.15) is 0 Å². The number of Topliss-reactive ketones (excluding diaryl/α,β-unsaturated/α-hetero) is 1. The molecule has 1 amide bonds. The molecule has 6 heteroatoms. The van der Waals surface area contributed by atoms with E-state index >= 15 is 0 Å². The van der Waals surface area contributed by atoms with Gasteiger partial charge < -0.3 is 14.4 Å². The minimum absolute atomic E-state index is 0.0341. The maximum Gasteiger partial charge on any atom is 0.260 e. The molecule has 0 bridgehead atoms. The summed E-state index contributed by atoms with van der Waals surface area (Å²) in [6, 6.07) is 3.16. The number of benzene rings is 1. The molecule has 1 aromatic carbocycles. The summed E-state index contributed by atoms with van der Waals surface area (Å²) >= 11 is 0. The molecule has 25 heavy (non-hydrogen) atoms. The third-order valence-corrected chi connectivity index (χ3v) is 5.51. The summed E-state index contributed by atoms with van der Waals surface area (Å²) in [5.74, 6) is -0.617. The Morgan fingerprint density at radius 2 is 2.12 bits per heavy atom. The average molecular weight is 347 g/mol.